The molecule has 0 atom stereocenters. The third-order valence-electron chi connectivity index (χ3n) is 3.52. The summed E-state index contributed by atoms with van der Waals surface area (Å²) in [5.41, 5.74) is 4.62. The van der Waals surface area contributed by atoms with E-state index in [9.17, 15) is 0 Å². The Balaban J connectivity index is 2.27. The van der Waals surface area contributed by atoms with Crippen molar-refractivity contribution in [3.8, 4) is 11.6 Å². The molecule has 1 aromatic carbocycles. The van der Waals surface area contributed by atoms with Gasteiger partial charge in [-0.15, -0.1) is 11.6 Å². The SMILES string of the molecule is CCc1cc(CCl)cc(Oc2ccc(C(C)C)c(C)c2)n1. The van der Waals surface area contributed by atoms with Gasteiger partial charge in [0, 0.05) is 17.6 Å². The number of hydrogen-bond acceptors (Lipinski definition) is 2. The lowest BCUT2D eigenvalue weighted by Crippen LogP contribution is -1.96. The van der Waals surface area contributed by atoms with E-state index in [0.717, 1.165) is 23.4 Å². The normalized spacial score (nSPS) is 11.0. The lowest BCUT2D eigenvalue weighted by Gasteiger charge is -2.12. The minimum absolute atomic E-state index is 0.469. The monoisotopic (exact) mass is 303 g/mol. The molecule has 0 N–H and O–H groups in total. The second-order valence-corrected chi connectivity index (χ2v) is 5.83. The van der Waals surface area contributed by atoms with Crippen LogP contribution in [0.25, 0.3) is 0 Å². The number of pyridine rings is 1. The summed E-state index contributed by atoms with van der Waals surface area (Å²) in [6.45, 7) is 8.58. The van der Waals surface area contributed by atoms with Crippen molar-refractivity contribution in [2.75, 3.05) is 0 Å². The predicted molar refractivity (Wildman–Crippen MR) is 88.5 cm³/mol. The van der Waals surface area contributed by atoms with E-state index >= 15 is 0 Å². The molecule has 0 bridgehead atoms. The fourth-order valence-electron chi connectivity index (χ4n) is 2.41. The first kappa shape index (κ1) is 15.8. The first-order chi connectivity index (χ1) is 10.0. The maximum Gasteiger partial charge on any atom is 0.219 e. The quantitative estimate of drug-likeness (QED) is 0.670. The van der Waals surface area contributed by atoms with Crippen molar-refractivity contribution in [1.82, 2.24) is 4.98 Å². The molecule has 0 amide bonds. The number of aryl methyl sites for hydroxylation is 2. The van der Waals surface area contributed by atoms with Crippen LogP contribution in [0.1, 0.15) is 49.1 Å². The van der Waals surface area contributed by atoms with Crippen LogP contribution in [-0.4, -0.2) is 4.98 Å². The van der Waals surface area contributed by atoms with Gasteiger partial charge < -0.3 is 4.74 Å². The van der Waals surface area contributed by atoms with Crippen molar-refractivity contribution >= 4 is 11.6 Å². The van der Waals surface area contributed by atoms with E-state index < -0.39 is 0 Å². The number of halogens is 1. The summed E-state index contributed by atoms with van der Waals surface area (Å²) in [6, 6.07) is 10.1. The minimum Gasteiger partial charge on any atom is -0.439 e. The number of nitrogens with zero attached hydrogens (tertiary/aromatic N) is 1. The Morgan fingerprint density at radius 3 is 2.52 bits per heavy atom. The maximum absolute atomic E-state index is 5.93. The second-order valence-electron chi connectivity index (χ2n) is 5.57. The highest BCUT2D eigenvalue weighted by atomic mass is 35.5. The molecule has 0 unspecified atom stereocenters. The number of ether oxygens (including phenoxy) is 1. The van der Waals surface area contributed by atoms with Gasteiger partial charge in [-0.25, -0.2) is 4.98 Å². The number of alkyl halides is 1. The third-order valence-corrected chi connectivity index (χ3v) is 3.83. The highest BCUT2D eigenvalue weighted by Crippen LogP contribution is 2.27. The Labute approximate surface area is 132 Å². The molecule has 3 heteroatoms. The van der Waals surface area contributed by atoms with E-state index in [-0.39, 0.29) is 0 Å². The van der Waals surface area contributed by atoms with E-state index in [0.29, 0.717) is 17.7 Å². The Bertz CT molecular complexity index is 600. The zero-order valence-corrected chi connectivity index (χ0v) is 13.9. The Kier molecular flexibility index (Phi) is 5.24. The van der Waals surface area contributed by atoms with Gasteiger partial charge in [0.1, 0.15) is 5.75 Å². The molecular formula is C18H22ClNO. The Morgan fingerprint density at radius 1 is 1.19 bits per heavy atom. The minimum atomic E-state index is 0.469. The van der Waals surface area contributed by atoms with Crippen molar-refractivity contribution in [3.05, 3.63) is 52.7 Å². The van der Waals surface area contributed by atoms with Crippen molar-refractivity contribution < 1.29 is 4.74 Å². The molecule has 0 radical (unpaired) electrons. The lowest BCUT2D eigenvalue weighted by molar-refractivity contribution is 0.459. The van der Waals surface area contributed by atoms with E-state index in [2.05, 4.69) is 44.8 Å². The molecule has 0 aliphatic heterocycles. The van der Waals surface area contributed by atoms with Crippen molar-refractivity contribution in [1.29, 1.82) is 0 Å². The molecule has 0 spiro atoms. The van der Waals surface area contributed by atoms with Crippen LogP contribution in [0.2, 0.25) is 0 Å². The molecular weight excluding hydrogens is 282 g/mol. The van der Waals surface area contributed by atoms with Crippen LogP contribution < -0.4 is 4.74 Å². The first-order valence-corrected chi connectivity index (χ1v) is 7.91. The van der Waals surface area contributed by atoms with Crippen LogP contribution in [0.4, 0.5) is 0 Å². The van der Waals surface area contributed by atoms with Gasteiger partial charge in [-0.2, -0.15) is 0 Å². The summed E-state index contributed by atoms with van der Waals surface area (Å²) in [6.07, 6.45) is 0.867. The van der Waals surface area contributed by atoms with Crippen molar-refractivity contribution in [3.63, 3.8) is 0 Å². The van der Waals surface area contributed by atoms with Gasteiger partial charge in [0.2, 0.25) is 5.88 Å². The zero-order chi connectivity index (χ0) is 15.4. The molecule has 0 saturated heterocycles. The van der Waals surface area contributed by atoms with Gasteiger partial charge in [-0.05, 0) is 54.2 Å². The highest BCUT2D eigenvalue weighted by molar-refractivity contribution is 6.17. The lowest BCUT2D eigenvalue weighted by atomic mass is 9.98. The maximum atomic E-state index is 5.93. The smallest absolute Gasteiger partial charge is 0.219 e. The van der Waals surface area contributed by atoms with Crippen molar-refractivity contribution in [2.45, 2.75) is 45.9 Å². The van der Waals surface area contributed by atoms with Crippen LogP contribution in [0.15, 0.2) is 30.3 Å². The number of benzene rings is 1. The summed E-state index contributed by atoms with van der Waals surface area (Å²) >= 11 is 5.93. The molecule has 2 rings (SSSR count). The van der Waals surface area contributed by atoms with E-state index in [1.807, 2.05) is 18.2 Å². The third kappa shape index (κ3) is 3.98. The largest absolute Gasteiger partial charge is 0.439 e. The molecule has 2 aromatic rings. The van der Waals surface area contributed by atoms with Gasteiger partial charge in [0.25, 0.3) is 0 Å². The van der Waals surface area contributed by atoms with Crippen LogP contribution in [0, 0.1) is 6.92 Å². The molecule has 2 nitrogen and oxygen atoms in total. The average Bonchev–Trinajstić information content (AvgIpc) is 2.46. The molecule has 0 saturated carbocycles. The van der Waals surface area contributed by atoms with Crippen LogP contribution in [0.5, 0.6) is 11.6 Å². The van der Waals surface area contributed by atoms with Crippen LogP contribution in [-0.2, 0) is 12.3 Å². The summed E-state index contributed by atoms with van der Waals surface area (Å²) in [5.74, 6) is 2.42. The van der Waals surface area contributed by atoms with E-state index in [4.69, 9.17) is 16.3 Å². The summed E-state index contributed by atoms with van der Waals surface area (Å²) in [4.78, 5) is 4.50. The first-order valence-electron chi connectivity index (χ1n) is 7.37. The number of aromatic nitrogens is 1. The molecule has 1 heterocycles. The molecule has 0 aliphatic rings. The number of hydrogen-bond donors (Lipinski definition) is 0. The summed E-state index contributed by atoms with van der Waals surface area (Å²) in [7, 11) is 0. The molecule has 112 valence electrons. The highest BCUT2D eigenvalue weighted by Gasteiger charge is 2.07. The molecule has 0 fully saturated rings. The average molecular weight is 304 g/mol. The standard InChI is InChI=1S/C18H22ClNO/c1-5-15-9-14(11-19)10-18(20-15)21-16-6-7-17(12(2)3)13(4)8-16/h6-10,12H,5,11H2,1-4H3. The summed E-state index contributed by atoms with van der Waals surface area (Å²) < 4.78 is 5.91. The summed E-state index contributed by atoms with van der Waals surface area (Å²) in [5, 5.41) is 0. The zero-order valence-electron chi connectivity index (χ0n) is 13.1. The predicted octanol–water partition coefficient (Wildman–Crippen LogP) is 5.61. The number of rotatable bonds is 5. The molecule has 1 aromatic heterocycles. The van der Waals surface area contributed by atoms with Gasteiger partial charge in [0.05, 0.1) is 0 Å². The van der Waals surface area contributed by atoms with Gasteiger partial charge in [0.15, 0.2) is 0 Å². The second kappa shape index (κ2) is 6.95. The topological polar surface area (TPSA) is 22.1 Å². The van der Waals surface area contributed by atoms with Gasteiger partial charge in [-0.3, -0.25) is 0 Å². The fourth-order valence-corrected chi connectivity index (χ4v) is 2.57. The molecule has 21 heavy (non-hydrogen) atoms. The Morgan fingerprint density at radius 2 is 1.95 bits per heavy atom. The van der Waals surface area contributed by atoms with Crippen molar-refractivity contribution in [2.24, 2.45) is 0 Å². The van der Waals surface area contributed by atoms with Gasteiger partial charge >= 0.3 is 0 Å². The Hall–Kier alpha value is -1.54. The van der Waals surface area contributed by atoms with Gasteiger partial charge in [-0.1, -0.05) is 26.8 Å². The molecule has 0 aliphatic carbocycles. The van der Waals surface area contributed by atoms with E-state index in [1.54, 1.807) is 0 Å². The van der Waals surface area contributed by atoms with Crippen LogP contribution in [0.3, 0.4) is 0 Å². The van der Waals surface area contributed by atoms with Crippen LogP contribution >= 0.6 is 11.6 Å². The van der Waals surface area contributed by atoms with E-state index in [1.165, 1.54) is 11.1 Å². The fraction of sp³-hybridized carbons (Fsp3) is 0.389.